The summed E-state index contributed by atoms with van der Waals surface area (Å²) in [5.41, 5.74) is 1.22. The molecule has 0 fully saturated rings. The number of hydrogen-bond donors (Lipinski definition) is 1. The monoisotopic (exact) mass is 219 g/mol. The summed E-state index contributed by atoms with van der Waals surface area (Å²) in [4.78, 5) is 0. The van der Waals surface area contributed by atoms with Gasteiger partial charge in [0.25, 0.3) is 0 Å². The van der Waals surface area contributed by atoms with Crippen LogP contribution in [0.1, 0.15) is 18.9 Å². The first-order chi connectivity index (χ1) is 7.93. The third-order valence-corrected chi connectivity index (χ3v) is 2.17. The lowest BCUT2D eigenvalue weighted by Crippen LogP contribution is -2.20. The van der Waals surface area contributed by atoms with Crippen LogP contribution in [0.3, 0.4) is 0 Å². The Kier molecular flexibility index (Phi) is 7.39. The Hall–Kier alpha value is -1.12. The van der Waals surface area contributed by atoms with E-state index in [0.717, 1.165) is 19.7 Å². The van der Waals surface area contributed by atoms with E-state index in [2.05, 4.69) is 36.5 Å². The van der Waals surface area contributed by atoms with Crippen LogP contribution in [-0.4, -0.2) is 26.3 Å². The summed E-state index contributed by atoms with van der Waals surface area (Å²) in [5.74, 6) is 0. The molecule has 0 aliphatic heterocycles. The summed E-state index contributed by atoms with van der Waals surface area (Å²) in [6, 6.07) is 10.3. The van der Waals surface area contributed by atoms with Crippen LogP contribution < -0.4 is 5.32 Å². The molecule has 16 heavy (non-hydrogen) atoms. The van der Waals surface area contributed by atoms with Crippen LogP contribution in [0.5, 0.6) is 0 Å². The maximum atomic E-state index is 5.45. The zero-order valence-corrected chi connectivity index (χ0v) is 9.99. The Morgan fingerprint density at radius 2 is 2.00 bits per heavy atom. The molecular formula is C14H21NO. The van der Waals surface area contributed by atoms with E-state index in [1.54, 1.807) is 0 Å². The fourth-order valence-corrected chi connectivity index (χ4v) is 1.35. The lowest BCUT2D eigenvalue weighted by molar-refractivity contribution is 0.164. The van der Waals surface area contributed by atoms with Gasteiger partial charge in [0.05, 0.1) is 13.2 Å². The van der Waals surface area contributed by atoms with Gasteiger partial charge in [0, 0.05) is 6.54 Å². The summed E-state index contributed by atoms with van der Waals surface area (Å²) in [6.07, 6.45) is 5.31. The van der Waals surface area contributed by atoms with Gasteiger partial charge in [-0.2, -0.15) is 0 Å². The molecule has 1 N–H and O–H groups in total. The lowest BCUT2D eigenvalue weighted by Gasteiger charge is -2.02. The van der Waals surface area contributed by atoms with Crippen LogP contribution >= 0.6 is 0 Å². The van der Waals surface area contributed by atoms with Crippen molar-refractivity contribution in [2.45, 2.75) is 13.3 Å². The molecule has 0 amide bonds. The lowest BCUT2D eigenvalue weighted by atomic mass is 10.2. The second-order valence-electron chi connectivity index (χ2n) is 3.64. The molecule has 2 nitrogen and oxygen atoms in total. The van der Waals surface area contributed by atoms with Crippen LogP contribution in [0, 0.1) is 0 Å². The van der Waals surface area contributed by atoms with Gasteiger partial charge in [0.15, 0.2) is 0 Å². The molecule has 0 heterocycles. The maximum Gasteiger partial charge on any atom is 0.0651 e. The smallest absolute Gasteiger partial charge is 0.0651 e. The minimum Gasteiger partial charge on any atom is -0.376 e. The Labute approximate surface area is 98.3 Å². The van der Waals surface area contributed by atoms with Crippen molar-refractivity contribution in [3.8, 4) is 0 Å². The minimum atomic E-state index is 0.683. The fraction of sp³-hybridized carbons (Fsp3) is 0.429. The second-order valence-corrected chi connectivity index (χ2v) is 3.64. The van der Waals surface area contributed by atoms with Gasteiger partial charge in [-0.25, -0.2) is 0 Å². The first kappa shape index (κ1) is 12.9. The average molecular weight is 219 g/mol. The molecule has 0 radical (unpaired) electrons. The van der Waals surface area contributed by atoms with E-state index >= 15 is 0 Å². The van der Waals surface area contributed by atoms with E-state index in [-0.39, 0.29) is 0 Å². The number of hydrogen-bond acceptors (Lipinski definition) is 2. The van der Waals surface area contributed by atoms with E-state index < -0.39 is 0 Å². The van der Waals surface area contributed by atoms with Crippen molar-refractivity contribution in [1.29, 1.82) is 0 Å². The molecule has 2 heteroatoms. The zero-order valence-electron chi connectivity index (χ0n) is 9.99. The van der Waals surface area contributed by atoms with Crippen molar-refractivity contribution in [1.82, 2.24) is 5.32 Å². The molecule has 0 spiro atoms. The Morgan fingerprint density at radius 1 is 1.19 bits per heavy atom. The van der Waals surface area contributed by atoms with Gasteiger partial charge in [-0.3, -0.25) is 0 Å². The molecule has 0 unspecified atom stereocenters. The molecule has 1 aromatic carbocycles. The molecule has 1 rings (SSSR count). The van der Waals surface area contributed by atoms with Gasteiger partial charge >= 0.3 is 0 Å². The summed E-state index contributed by atoms with van der Waals surface area (Å²) in [5, 5.41) is 3.29. The van der Waals surface area contributed by atoms with Crippen molar-refractivity contribution in [2.24, 2.45) is 0 Å². The van der Waals surface area contributed by atoms with E-state index in [1.165, 1.54) is 12.0 Å². The standard InChI is InChI=1S/C14H21NO/c1-2-10-15-11-13-16-12-6-9-14-7-4-3-5-8-14/h3-9,15H,2,10-13H2,1H3. The van der Waals surface area contributed by atoms with Gasteiger partial charge in [0.1, 0.15) is 0 Å². The highest BCUT2D eigenvalue weighted by atomic mass is 16.5. The molecular weight excluding hydrogens is 198 g/mol. The molecule has 0 saturated heterocycles. The Bertz CT molecular complexity index is 282. The fourth-order valence-electron chi connectivity index (χ4n) is 1.35. The molecule has 0 saturated carbocycles. The highest BCUT2D eigenvalue weighted by molar-refractivity contribution is 5.48. The van der Waals surface area contributed by atoms with Crippen LogP contribution in [0.2, 0.25) is 0 Å². The molecule has 88 valence electrons. The van der Waals surface area contributed by atoms with Crippen molar-refractivity contribution < 1.29 is 4.74 Å². The van der Waals surface area contributed by atoms with Crippen LogP contribution in [0.25, 0.3) is 6.08 Å². The molecule has 1 aromatic rings. The van der Waals surface area contributed by atoms with Crippen LogP contribution in [0.4, 0.5) is 0 Å². The molecule has 0 aromatic heterocycles. The number of nitrogens with one attached hydrogen (secondary N) is 1. The van der Waals surface area contributed by atoms with Crippen molar-refractivity contribution >= 4 is 6.08 Å². The first-order valence-corrected chi connectivity index (χ1v) is 5.93. The number of benzene rings is 1. The van der Waals surface area contributed by atoms with Gasteiger partial charge in [-0.15, -0.1) is 0 Å². The highest BCUT2D eigenvalue weighted by Gasteiger charge is 1.86. The molecule has 0 atom stereocenters. The molecule has 0 aliphatic rings. The summed E-state index contributed by atoms with van der Waals surface area (Å²) >= 11 is 0. The van der Waals surface area contributed by atoms with Crippen molar-refractivity contribution in [2.75, 3.05) is 26.3 Å². The van der Waals surface area contributed by atoms with Crippen LogP contribution in [-0.2, 0) is 4.74 Å². The van der Waals surface area contributed by atoms with E-state index in [1.807, 2.05) is 18.2 Å². The second kappa shape index (κ2) is 9.13. The average Bonchev–Trinajstić information content (AvgIpc) is 2.34. The summed E-state index contributed by atoms with van der Waals surface area (Å²) in [6.45, 7) is 5.63. The normalized spacial score (nSPS) is 11.1. The predicted octanol–water partition coefficient (Wildman–Crippen LogP) is 2.72. The third kappa shape index (κ3) is 6.38. The third-order valence-electron chi connectivity index (χ3n) is 2.17. The van der Waals surface area contributed by atoms with Gasteiger partial charge in [0.2, 0.25) is 0 Å². The largest absolute Gasteiger partial charge is 0.376 e. The predicted molar refractivity (Wildman–Crippen MR) is 69.5 cm³/mol. The van der Waals surface area contributed by atoms with Crippen LogP contribution in [0.15, 0.2) is 36.4 Å². The summed E-state index contributed by atoms with van der Waals surface area (Å²) < 4.78 is 5.45. The van der Waals surface area contributed by atoms with E-state index in [0.29, 0.717) is 6.61 Å². The SMILES string of the molecule is CCCNCCOCC=Cc1ccccc1. The Morgan fingerprint density at radius 3 is 2.75 bits per heavy atom. The highest BCUT2D eigenvalue weighted by Crippen LogP contribution is 2.00. The number of ether oxygens (including phenoxy) is 1. The maximum absolute atomic E-state index is 5.45. The van der Waals surface area contributed by atoms with Gasteiger partial charge in [-0.1, -0.05) is 49.4 Å². The number of rotatable bonds is 8. The minimum absolute atomic E-state index is 0.683. The van der Waals surface area contributed by atoms with Gasteiger partial charge in [-0.05, 0) is 18.5 Å². The van der Waals surface area contributed by atoms with Gasteiger partial charge < -0.3 is 10.1 Å². The quantitative estimate of drug-likeness (QED) is 0.679. The Balaban J connectivity index is 2.01. The molecule has 0 bridgehead atoms. The first-order valence-electron chi connectivity index (χ1n) is 5.93. The zero-order chi connectivity index (χ0) is 11.5. The van der Waals surface area contributed by atoms with Crippen molar-refractivity contribution in [3.05, 3.63) is 42.0 Å². The topological polar surface area (TPSA) is 21.3 Å². The van der Waals surface area contributed by atoms with Crippen molar-refractivity contribution in [3.63, 3.8) is 0 Å². The van der Waals surface area contributed by atoms with E-state index in [9.17, 15) is 0 Å². The summed E-state index contributed by atoms with van der Waals surface area (Å²) in [7, 11) is 0. The molecule has 0 aliphatic carbocycles. The van der Waals surface area contributed by atoms with E-state index in [4.69, 9.17) is 4.74 Å².